The monoisotopic (exact) mass is 523 g/mol. The van der Waals surface area contributed by atoms with Crippen molar-refractivity contribution in [3.63, 3.8) is 0 Å². The van der Waals surface area contributed by atoms with Gasteiger partial charge in [-0.3, -0.25) is 0 Å². The second-order valence-electron chi connectivity index (χ2n) is 10.4. The van der Waals surface area contributed by atoms with Gasteiger partial charge in [0.1, 0.15) is 17.5 Å². The van der Waals surface area contributed by atoms with Gasteiger partial charge in [0.2, 0.25) is 0 Å². The minimum absolute atomic E-state index is 0.213. The van der Waals surface area contributed by atoms with E-state index >= 15 is 0 Å². The van der Waals surface area contributed by atoms with E-state index in [0.29, 0.717) is 24.6 Å². The number of aliphatic hydroxyl groups is 2. The van der Waals surface area contributed by atoms with Crippen molar-refractivity contribution in [2.45, 2.75) is 31.4 Å². The minimum atomic E-state index is -0.696. The van der Waals surface area contributed by atoms with Gasteiger partial charge in [-0.2, -0.15) is 5.26 Å². The molecule has 0 bridgehead atoms. The molecule has 0 saturated carbocycles. The lowest BCUT2D eigenvalue weighted by Gasteiger charge is -2.32. The lowest BCUT2D eigenvalue weighted by Crippen LogP contribution is -2.39. The predicted molar refractivity (Wildman–Crippen MR) is 149 cm³/mol. The fraction of sp³-hybridized carbons (Fsp3) is 0.290. The minimum Gasteiger partial charge on any atom is -0.394 e. The van der Waals surface area contributed by atoms with Crippen LogP contribution in [-0.4, -0.2) is 62.0 Å². The van der Waals surface area contributed by atoms with Crippen molar-refractivity contribution >= 4 is 21.9 Å². The average Bonchev–Trinajstić information content (AvgIpc) is 3.54. The number of β-amino-alcohol motifs (C(OH)–C–C–N with tert-alkyl or cyclic N) is 1. The number of benzene rings is 2. The molecule has 5 aromatic rings. The van der Waals surface area contributed by atoms with Gasteiger partial charge in [-0.15, -0.1) is 0 Å². The number of hydrogen-bond donors (Lipinski definition) is 3. The van der Waals surface area contributed by atoms with Gasteiger partial charge in [-0.05, 0) is 73.0 Å². The number of pyridine rings is 1. The number of hydrogen-bond acceptors (Lipinski definition) is 5. The summed E-state index contributed by atoms with van der Waals surface area (Å²) < 4.78 is 15.8. The van der Waals surface area contributed by atoms with Crippen molar-refractivity contribution in [3.8, 4) is 17.2 Å². The van der Waals surface area contributed by atoms with Crippen LogP contribution in [0.1, 0.15) is 35.6 Å². The van der Waals surface area contributed by atoms with Crippen molar-refractivity contribution in [1.29, 1.82) is 5.26 Å². The van der Waals surface area contributed by atoms with Crippen molar-refractivity contribution in [2.24, 2.45) is 0 Å². The Morgan fingerprint density at radius 1 is 1.10 bits per heavy atom. The Morgan fingerprint density at radius 3 is 2.72 bits per heavy atom. The van der Waals surface area contributed by atoms with Gasteiger partial charge in [0, 0.05) is 47.9 Å². The summed E-state index contributed by atoms with van der Waals surface area (Å²) in [6.07, 6.45) is 4.89. The van der Waals surface area contributed by atoms with Crippen LogP contribution in [0.4, 0.5) is 4.39 Å². The van der Waals surface area contributed by atoms with Gasteiger partial charge in [0.25, 0.3) is 0 Å². The number of aromatic nitrogens is 3. The molecule has 0 aliphatic carbocycles. The Labute approximate surface area is 225 Å². The van der Waals surface area contributed by atoms with Gasteiger partial charge < -0.3 is 24.7 Å². The molecule has 8 heteroatoms. The highest BCUT2D eigenvalue weighted by Gasteiger charge is 2.24. The van der Waals surface area contributed by atoms with E-state index in [4.69, 9.17) is 5.11 Å². The van der Waals surface area contributed by atoms with Crippen LogP contribution >= 0.6 is 0 Å². The normalized spacial score (nSPS) is 15.6. The zero-order chi connectivity index (χ0) is 26.9. The van der Waals surface area contributed by atoms with E-state index in [1.807, 2.05) is 41.2 Å². The van der Waals surface area contributed by atoms with Gasteiger partial charge in [0.05, 0.1) is 23.8 Å². The molecule has 1 aliphatic rings. The molecule has 4 heterocycles. The second kappa shape index (κ2) is 10.6. The fourth-order valence-electron chi connectivity index (χ4n) is 5.81. The highest BCUT2D eigenvalue weighted by atomic mass is 19.1. The van der Waals surface area contributed by atoms with Crippen molar-refractivity contribution in [2.75, 3.05) is 26.2 Å². The number of rotatable bonds is 7. The zero-order valence-corrected chi connectivity index (χ0v) is 21.5. The molecular formula is C31H30FN5O2. The highest BCUT2D eigenvalue weighted by molar-refractivity contribution is 5.97. The predicted octanol–water partition coefficient (Wildman–Crippen LogP) is 4.78. The van der Waals surface area contributed by atoms with Gasteiger partial charge in [-0.25, -0.2) is 9.37 Å². The topological polar surface area (TPSA) is 101 Å². The summed E-state index contributed by atoms with van der Waals surface area (Å²) in [5.41, 5.74) is 6.44. The van der Waals surface area contributed by atoms with Crippen LogP contribution in [0.2, 0.25) is 0 Å². The van der Waals surface area contributed by atoms with Crippen LogP contribution in [0.25, 0.3) is 33.1 Å². The van der Waals surface area contributed by atoms with E-state index in [0.717, 1.165) is 70.3 Å². The first kappa shape index (κ1) is 25.3. The maximum atomic E-state index is 13.8. The maximum absolute atomic E-state index is 13.8. The quantitative estimate of drug-likeness (QED) is 0.285. The molecule has 2 aromatic carbocycles. The molecule has 1 saturated heterocycles. The summed E-state index contributed by atoms with van der Waals surface area (Å²) in [6, 6.07) is 19.2. The number of nitrogens with one attached hydrogen (secondary N) is 1. The molecule has 3 N–H and O–H groups in total. The largest absolute Gasteiger partial charge is 0.394 e. The third-order valence-electron chi connectivity index (χ3n) is 7.82. The SMILES string of the molecule is N#Cc1cn(Cc2cccc(F)c2)c2cc(-c3ccnc4[nH]c(C5CCN(CC(O)CO)CC5)cc34)ccc12. The Bertz CT molecular complexity index is 1680. The number of fused-ring (bicyclic) bond motifs is 2. The van der Waals surface area contributed by atoms with Gasteiger partial charge in [0.15, 0.2) is 0 Å². The summed E-state index contributed by atoms with van der Waals surface area (Å²) in [5, 5.41) is 30.6. The summed E-state index contributed by atoms with van der Waals surface area (Å²) in [4.78, 5) is 10.3. The molecule has 0 spiro atoms. The van der Waals surface area contributed by atoms with Gasteiger partial charge >= 0.3 is 0 Å². The van der Waals surface area contributed by atoms with E-state index in [9.17, 15) is 14.8 Å². The third kappa shape index (κ3) is 5.04. The molecule has 39 heavy (non-hydrogen) atoms. The van der Waals surface area contributed by atoms with Crippen molar-refractivity contribution in [1.82, 2.24) is 19.4 Å². The van der Waals surface area contributed by atoms with Crippen LogP contribution in [0.3, 0.4) is 0 Å². The number of nitrogens with zero attached hydrogens (tertiary/aromatic N) is 4. The number of piperidine rings is 1. The first-order chi connectivity index (χ1) is 19.0. The molecule has 3 aromatic heterocycles. The zero-order valence-electron chi connectivity index (χ0n) is 21.5. The fourth-order valence-corrected chi connectivity index (χ4v) is 5.81. The van der Waals surface area contributed by atoms with Crippen LogP contribution < -0.4 is 0 Å². The van der Waals surface area contributed by atoms with E-state index in [1.54, 1.807) is 6.07 Å². The van der Waals surface area contributed by atoms with Crippen LogP contribution in [0.5, 0.6) is 0 Å². The number of halogens is 1. The number of nitriles is 1. The first-order valence-corrected chi connectivity index (χ1v) is 13.3. The van der Waals surface area contributed by atoms with Crippen LogP contribution in [0.15, 0.2) is 67.0 Å². The summed E-state index contributed by atoms with van der Waals surface area (Å²) in [7, 11) is 0. The Morgan fingerprint density at radius 2 is 1.95 bits per heavy atom. The number of aromatic amines is 1. The molecule has 1 atom stereocenters. The standard InChI is InChI=1S/C31H30FN5O2/c32-24-3-1-2-20(12-24)16-37-17-23(15-33)27-5-4-22(13-30(27)37)26-6-9-34-31-28(26)14-29(35-31)21-7-10-36(11-8-21)18-25(39)19-38/h1-6,9,12-14,17,21,25,38-39H,7-8,10-11,16,18-19H2,(H,34,35). The van der Waals surface area contributed by atoms with Crippen molar-refractivity contribution in [3.05, 3.63) is 89.6 Å². The number of H-pyrrole nitrogens is 1. The van der Waals surface area contributed by atoms with E-state index < -0.39 is 6.10 Å². The number of likely N-dealkylation sites (tertiary alicyclic amines) is 1. The molecule has 1 fully saturated rings. The molecular weight excluding hydrogens is 493 g/mol. The molecule has 1 unspecified atom stereocenters. The maximum Gasteiger partial charge on any atom is 0.138 e. The molecule has 0 radical (unpaired) electrons. The summed E-state index contributed by atoms with van der Waals surface area (Å²) in [5.74, 6) is 0.0970. The van der Waals surface area contributed by atoms with Crippen LogP contribution in [0, 0.1) is 17.1 Å². The lowest BCUT2D eigenvalue weighted by atomic mass is 9.93. The Kier molecular flexibility index (Phi) is 6.88. The van der Waals surface area contributed by atoms with Crippen molar-refractivity contribution < 1.29 is 14.6 Å². The average molecular weight is 524 g/mol. The first-order valence-electron chi connectivity index (χ1n) is 13.3. The molecule has 6 rings (SSSR count). The van der Waals surface area contributed by atoms with E-state index in [1.165, 1.54) is 12.1 Å². The lowest BCUT2D eigenvalue weighted by molar-refractivity contribution is 0.0512. The van der Waals surface area contributed by atoms with Gasteiger partial charge in [-0.1, -0.05) is 24.3 Å². The van der Waals surface area contributed by atoms with Crippen LogP contribution in [-0.2, 0) is 6.54 Å². The third-order valence-corrected chi connectivity index (χ3v) is 7.82. The second-order valence-corrected chi connectivity index (χ2v) is 10.4. The highest BCUT2D eigenvalue weighted by Crippen LogP contribution is 2.35. The van der Waals surface area contributed by atoms with E-state index in [2.05, 4.69) is 33.1 Å². The summed E-state index contributed by atoms with van der Waals surface area (Å²) in [6.45, 7) is 2.50. The smallest absolute Gasteiger partial charge is 0.138 e. The number of aliphatic hydroxyl groups excluding tert-OH is 2. The Balaban J connectivity index is 1.32. The Hall–Kier alpha value is -4.03. The molecule has 1 aliphatic heterocycles. The molecule has 0 amide bonds. The molecule has 7 nitrogen and oxygen atoms in total. The summed E-state index contributed by atoms with van der Waals surface area (Å²) >= 11 is 0. The molecule has 198 valence electrons. The van der Waals surface area contributed by atoms with E-state index in [-0.39, 0.29) is 12.4 Å².